The second-order valence-corrected chi connectivity index (χ2v) is 5.38. The highest BCUT2D eigenvalue weighted by molar-refractivity contribution is 6.04. The molecule has 0 radical (unpaired) electrons. The summed E-state index contributed by atoms with van der Waals surface area (Å²) in [5, 5.41) is 38.6. The van der Waals surface area contributed by atoms with Crippen molar-refractivity contribution >= 4 is 22.8 Å². The highest BCUT2D eigenvalue weighted by Gasteiger charge is 2.49. The molecule has 0 unspecified atom stereocenters. The maximum Gasteiger partial charge on any atom is 0.340 e. The van der Waals surface area contributed by atoms with E-state index in [0.717, 1.165) is 0 Å². The smallest absolute Gasteiger partial charge is 0.340 e. The molecule has 24 heavy (non-hydrogen) atoms. The lowest BCUT2D eigenvalue weighted by Gasteiger charge is -2.38. The van der Waals surface area contributed by atoms with Gasteiger partial charge in [-0.1, -0.05) is 18.2 Å². The Morgan fingerprint density at radius 2 is 1.83 bits per heavy atom. The zero-order valence-corrected chi connectivity index (χ0v) is 12.2. The summed E-state index contributed by atoms with van der Waals surface area (Å²) < 4.78 is 9.77. The van der Waals surface area contributed by atoms with Crippen molar-refractivity contribution in [2.45, 2.75) is 30.7 Å². The van der Waals surface area contributed by atoms with Gasteiger partial charge in [-0.2, -0.15) is 0 Å². The van der Waals surface area contributed by atoms with Crippen LogP contribution in [0.1, 0.15) is 10.4 Å². The first-order chi connectivity index (χ1) is 11.4. The number of carboxylic acids is 1. The van der Waals surface area contributed by atoms with Gasteiger partial charge in [0.2, 0.25) is 0 Å². The molecule has 5 atom stereocenters. The highest BCUT2D eigenvalue weighted by atomic mass is 16.7. The lowest BCUT2D eigenvalue weighted by molar-refractivity contribution is -0.279. The number of hydrogen-bond donors (Lipinski definition) is 5. The van der Waals surface area contributed by atoms with Gasteiger partial charge >= 0.3 is 11.9 Å². The molecular weight excluding hydrogens is 322 g/mol. The molecule has 0 amide bonds. The zero-order valence-electron chi connectivity index (χ0n) is 12.2. The number of benzene rings is 1. The van der Waals surface area contributed by atoms with Crippen LogP contribution < -0.4 is 0 Å². The van der Waals surface area contributed by atoms with E-state index in [0.29, 0.717) is 10.9 Å². The number of aromatic amines is 1. The molecule has 9 heteroatoms. The summed E-state index contributed by atoms with van der Waals surface area (Å²) in [5.41, 5.74) is 0.817. The first kappa shape index (κ1) is 16.4. The van der Waals surface area contributed by atoms with Gasteiger partial charge in [-0.05, 0) is 6.07 Å². The molecule has 128 valence electrons. The minimum Gasteiger partial charge on any atom is -0.479 e. The Kier molecular flexibility index (Phi) is 4.24. The van der Waals surface area contributed by atoms with Gasteiger partial charge in [0.15, 0.2) is 18.5 Å². The average Bonchev–Trinajstić information content (AvgIpc) is 2.99. The average molecular weight is 337 g/mol. The van der Waals surface area contributed by atoms with Crippen LogP contribution in [0.2, 0.25) is 0 Å². The molecule has 1 aliphatic rings. The van der Waals surface area contributed by atoms with Gasteiger partial charge in [0.25, 0.3) is 0 Å². The van der Waals surface area contributed by atoms with E-state index >= 15 is 0 Å². The molecular formula is C15H15NO8. The molecule has 9 nitrogen and oxygen atoms in total. The standard InChI is InChI=1S/C15H15NO8/c17-9-10(18)15(22)24-12(13(19)20)11(9)23-14(21)7-5-16-8-4-2-1-3-6(7)8/h1-5,9-12,15-18,22H,(H,19,20)/t9-,10-,11-,12+,15-/m1/s1. The van der Waals surface area contributed by atoms with Crippen LogP contribution in [0, 0.1) is 0 Å². The van der Waals surface area contributed by atoms with Crippen LogP contribution >= 0.6 is 0 Å². The fourth-order valence-electron chi connectivity index (χ4n) is 2.61. The van der Waals surface area contributed by atoms with E-state index in [1.165, 1.54) is 6.20 Å². The molecule has 0 bridgehead atoms. The third-order valence-corrected chi connectivity index (χ3v) is 3.86. The van der Waals surface area contributed by atoms with Gasteiger partial charge in [-0.25, -0.2) is 9.59 Å². The van der Waals surface area contributed by atoms with Crippen molar-refractivity contribution in [3.63, 3.8) is 0 Å². The van der Waals surface area contributed by atoms with E-state index in [9.17, 15) is 24.9 Å². The number of aromatic nitrogens is 1. The quantitative estimate of drug-likeness (QED) is 0.458. The number of esters is 1. The highest BCUT2D eigenvalue weighted by Crippen LogP contribution is 2.25. The van der Waals surface area contributed by atoms with Crippen LogP contribution in [0.4, 0.5) is 0 Å². The lowest BCUT2D eigenvalue weighted by atomic mass is 9.98. The first-order valence-corrected chi connectivity index (χ1v) is 7.09. The van der Waals surface area contributed by atoms with Gasteiger partial charge < -0.3 is 34.9 Å². The van der Waals surface area contributed by atoms with Crippen LogP contribution in [-0.2, 0) is 14.3 Å². The Labute approximate surface area is 135 Å². The molecule has 2 heterocycles. The van der Waals surface area contributed by atoms with Gasteiger partial charge in [-0.15, -0.1) is 0 Å². The van der Waals surface area contributed by atoms with E-state index in [-0.39, 0.29) is 5.56 Å². The van der Waals surface area contributed by atoms with Crippen LogP contribution in [0.25, 0.3) is 10.9 Å². The van der Waals surface area contributed by atoms with E-state index in [1.807, 2.05) is 0 Å². The molecule has 1 aromatic carbocycles. The number of carbonyl (C=O) groups excluding carboxylic acids is 1. The molecule has 1 fully saturated rings. The molecule has 2 aromatic rings. The number of nitrogens with one attached hydrogen (secondary N) is 1. The Hall–Kier alpha value is -2.46. The Morgan fingerprint density at radius 1 is 1.12 bits per heavy atom. The minimum absolute atomic E-state index is 0.141. The van der Waals surface area contributed by atoms with Gasteiger partial charge in [0.1, 0.15) is 12.2 Å². The monoisotopic (exact) mass is 337 g/mol. The second-order valence-electron chi connectivity index (χ2n) is 5.38. The van der Waals surface area contributed by atoms with Crippen molar-refractivity contribution in [3.8, 4) is 0 Å². The normalized spacial score (nSPS) is 30.2. The van der Waals surface area contributed by atoms with Crippen LogP contribution in [0.3, 0.4) is 0 Å². The molecule has 0 spiro atoms. The number of carbonyl (C=O) groups is 2. The fourth-order valence-corrected chi connectivity index (χ4v) is 2.61. The molecule has 1 aliphatic heterocycles. The largest absolute Gasteiger partial charge is 0.479 e. The summed E-state index contributed by atoms with van der Waals surface area (Å²) in [6, 6.07) is 6.89. The maximum atomic E-state index is 12.3. The Morgan fingerprint density at radius 3 is 2.54 bits per heavy atom. The number of aliphatic hydroxyl groups is 3. The molecule has 3 rings (SSSR count). The lowest BCUT2D eigenvalue weighted by Crippen LogP contribution is -2.61. The summed E-state index contributed by atoms with van der Waals surface area (Å²) in [4.78, 5) is 26.4. The van der Waals surface area contributed by atoms with E-state index < -0.39 is 42.6 Å². The first-order valence-electron chi connectivity index (χ1n) is 7.09. The molecule has 1 aromatic heterocycles. The summed E-state index contributed by atoms with van der Waals surface area (Å²) in [7, 11) is 0. The van der Waals surface area contributed by atoms with Crippen molar-refractivity contribution in [1.29, 1.82) is 0 Å². The second kappa shape index (κ2) is 6.21. The predicted octanol–water partition coefficient (Wildman–Crippen LogP) is -0.783. The van der Waals surface area contributed by atoms with Gasteiger partial charge in [0, 0.05) is 17.1 Å². The summed E-state index contributed by atoms with van der Waals surface area (Å²) in [6.07, 6.45) is -7.62. The SMILES string of the molecule is O=C(O[C@@H]1[C@H](O)[C@@H](O)[C@H](O)O[C@@H]1C(=O)O)c1c[nH]c2ccccc12. The van der Waals surface area contributed by atoms with Crippen LogP contribution in [0.5, 0.6) is 0 Å². The third-order valence-electron chi connectivity index (χ3n) is 3.86. The van der Waals surface area contributed by atoms with Crippen molar-refractivity contribution in [2.24, 2.45) is 0 Å². The summed E-state index contributed by atoms with van der Waals surface area (Å²) in [6.45, 7) is 0. The van der Waals surface area contributed by atoms with E-state index in [1.54, 1.807) is 24.3 Å². The number of hydrogen-bond acceptors (Lipinski definition) is 7. The predicted molar refractivity (Wildman–Crippen MR) is 78.0 cm³/mol. The van der Waals surface area contributed by atoms with Crippen molar-refractivity contribution in [1.82, 2.24) is 4.98 Å². The Balaban J connectivity index is 1.87. The van der Waals surface area contributed by atoms with Crippen molar-refractivity contribution < 1.29 is 39.5 Å². The Bertz CT molecular complexity index is 772. The van der Waals surface area contributed by atoms with Gasteiger partial charge in [-0.3, -0.25) is 0 Å². The number of rotatable bonds is 3. The number of H-pyrrole nitrogens is 1. The number of ether oxygens (including phenoxy) is 2. The number of para-hydroxylation sites is 1. The molecule has 5 N–H and O–H groups in total. The van der Waals surface area contributed by atoms with Crippen molar-refractivity contribution in [3.05, 3.63) is 36.0 Å². The number of fused-ring (bicyclic) bond motifs is 1. The molecule has 1 saturated heterocycles. The van der Waals surface area contributed by atoms with Gasteiger partial charge in [0.05, 0.1) is 5.56 Å². The number of carboxylic acid groups (broad SMARTS) is 1. The topological polar surface area (TPSA) is 149 Å². The fraction of sp³-hybridized carbons (Fsp3) is 0.333. The van der Waals surface area contributed by atoms with E-state index in [4.69, 9.17) is 14.6 Å². The number of aliphatic hydroxyl groups excluding tert-OH is 3. The summed E-state index contributed by atoms with van der Waals surface area (Å²) in [5.74, 6) is -2.44. The number of aliphatic carboxylic acids is 1. The third kappa shape index (κ3) is 2.74. The zero-order chi connectivity index (χ0) is 17.4. The minimum atomic E-state index is -1.90. The summed E-state index contributed by atoms with van der Waals surface area (Å²) >= 11 is 0. The van der Waals surface area contributed by atoms with E-state index in [2.05, 4.69) is 4.98 Å². The van der Waals surface area contributed by atoms with Crippen molar-refractivity contribution in [2.75, 3.05) is 0 Å². The maximum absolute atomic E-state index is 12.3. The van der Waals surface area contributed by atoms with Crippen LogP contribution in [0.15, 0.2) is 30.5 Å². The molecule has 0 saturated carbocycles. The van der Waals surface area contributed by atoms with Crippen LogP contribution in [-0.4, -0.2) is 68.1 Å². The molecule has 0 aliphatic carbocycles.